The van der Waals surface area contributed by atoms with E-state index < -0.39 is 0 Å². The Hall–Kier alpha value is -2.57. The molecule has 0 atom stereocenters. The van der Waals surface area contributed by atoms with Crippen molar-refractivity contribution in [3.8, 4) is 5.75 Å². The number of amides is 1. The maximum Gasteiger partial charge on any atom is 0.266 e. The normalized spacial score (nSPS) is 17.1. The molecule has 2 aromatic carbocycles. The zero-order valence-electron chi connectivity index (χ0n) is 15.4. The van der Waals surface area contributed by atoms with E-state index in [9.17, 15) is 4.79 Å². The number of carbonyl (C=O) groups is 1. The van der Waals surface area contributed by atoms with Crippen molar-refractivity contribution < 1.29 is 14.3 Å². The zero-order chi connectivity index (χ0) is 19.1. The predicted molar refractivity (Wildman–Crippen MR) is 110 cm³/mol. The SMILES string of the molecule is CCOc1ccc(/C=C2/SC(=Nc3ccccc3)N(CCOC)C2=O)cc1. The third kappa shape index (κ3) is 4.99. The monoisotopic (exact) mass is 382 g/mol. The van der Waals surface area contributed by atoms with Crippen molar-refractivity contribution in [1.82, 2.24) is 4.90 Å². The van der Waals surface area contributed by atoms with Gasteiger partial charge in [-0.1, -0.05) is 30.3 Å². The van der Waals surface area contributed by atoms with Gasteiger partial charge in [0.05, 0.1) is 30.4 Å². The van der Waals surface area contributed by atoms with E-state index in [1.54, 1.807) is 12.0 Å². The summed E-state index contributed by atoms with van der Waals surface area (Å²) in [6, 6.07) is 17.3. The summed E-state index contributed by atoms with van der Waals surface area (Å²) < 4.78 is 10.6. The van der Waals surface area contributed by atoms with Crippen LogP contribution in [0.3, 0.4) is 0 Å². The van der Waals surface area contributed by atoms with Crippen LogP contribution in [0.4, 0.5) is 5.69 Å². The highest BCUT2D eigenvalue weighted by atomic mass is 32.2. The quantitative estimate of drug-likeness (QED) is 0.669. The van der Waals surface area contributed by atoms with Gasteiger partial charge in [0, 0.05) is 7.11 Å². The van der Waals surface area contributed by atoms with Crippen molar-refractivity contribution in [2.75, 3.05) is 26.9 Å². The zero-order valence-corrected chi connectivity index (χ0v) is 16.2. The van der Waals surface area contributed by atoms with Crippen LogP contribution in [0.1, 0.15) is 12.5 Å². The molecule has 0 radical (unpaired) electrons. The Morgan fingerprint density at radius 1 is 1.11 bits per heavy atom. The molecule has 1 aliphatic rings. The van der Waals surface area contributed by atoms with Gasteiger partial charge in [-0.15, -0.1) is 0 Å². The summed E-state index contributed by atoms with van der Waals surface area (Å²) in [6.45, 7) is 3.50. The van der Waals surface area contributed by atoms with E-state index in [0.717, 1.165) is 17.0 Å². The number of methoxy groups -OCH3 is 1. The highest BCUT2D eigenvalue weighted by molar-refractivity contribution is 8.18. The van der Waals surface area contributed by atoms with E-state index in [2.05, 4.69) is 4.99 Å². The van der Waals surface area contributed by atoms with Crippen LogP contribution in [0.25, 0.3) is 6.08 Å². The summed E-state index contributed by atoms with van der Waals surface area (Å²) in [5.74, 6) is 0.763. The average Bonchev–Trinajstić information content (AvgIpc) is 2.97. The Morgan fingerprint density at radius 2 is 1.85 bits per heavy atom. The molecule has 1 saturated heterocycles. The molecule has 1 amide bonds. The first-order valence-corrected chi connectivity index (χ1v) is 9.60. The standard InChI is InChI=1S/C21H22N2O3S/c1-3-26-18-11-9-16(10-12-18)15-19-20(24)23(13-14-25-2)21(27-19)22-17-7-5-4-6-8-17/h4-12,15H,3,13-14H2,1-2H3/b19-15+,22-21?. The first-order chi connectivity index (χ1) is 13.2. The Labute approximate surface area is 163 Å². The van der Waals surface area contributed by atoms with Crippen LogP contribution in [0.5, 0.6) is 5.75 Å². The molecule has 140 valence electrons. The van der Waals surface area contributed by atoms with E-state index in [1.165, 1.54) is 11.8 Å². The van der Waals surface area contributed by atoms with Gasteiger partial charge in [0.15, 0.2) is 5.17 Å². The largest absolute Gasteiger partial charge is 0.494 e. The fraction of sp³-hybridized carbons (Fsp3) is 0.238. The Morgan fingerprint density at radius 3 is 2.52 bits per heavy atom. The van der Waals surface area contributed by atoms with Gasteiger partial charge in [-0.05, 0) is 54.6 Å². The van der Waals surface area contributed by atoms with E-state index >= 15 is 0 Å². The number of aliphatic imine (C=N–C) groups is 1. The maximum absolute atomic E-state index is 12.9. The van der Waals surface area contributed by atoms with Gasteiger partial charge in [-0.3, -0.25) is 9.69 Å². The van der Waals surface area contributed by atoms with Crippen LogP contribution in [0.15, 0.2) is 64.5 Å². The van der Waals surface area contributed by atoms with Gasteiger partial charge in [0.1, 0.15) is 5.75 Å². The number of amidine groups is 1. The third-order valence-corrected chi connectivity index (χ3v) is 4.88. The molecule has 3 rings (SSSR count). The molecular formula is C21H22N2O3S. The summed E-state index contributed by atoms with van der Waals surface area (Å²) in [4.78, 5) is 19.8. The highest BCUT2D eigenvalue weighted by Crippen LogP contribution is 2.34. The third-order valence-electron chi connectivity index (χ3n) is 3.88. The molecule has 0 unspecified atom stereocenters. The second kappa shape index (κ2) is 9.39. The van der Waals surface area contributed by atoms with Crippen LogP contribution in [0, 0.1) is 0 Å². The topological polar surface area (TPSA) is 51.1 Å². The number of carbonyl (C=O) groups excluding carboxylic acids is 1. The van der Waals surface area contributed by atoms with E-state index in [1.807, 2.05) is 67.6 Å². The second-order valence-electron chi connectivity index (χ2n) is 5.79. The first-order valence-electron chi connectivity index (χ1n) is 8.78. The summed E-state index contributed by atoms with van der Waals surface area (Å²) in [6.07, 6.45) is 1.88. The summed E-state index contributed by atoms with van der Waals surface area (Å²) in [5.41, 5.74) is 1.76. The number of rotatable bonds is 7. The Kier molecular flexibility index (Phi) is 6.68. The van der Waals surface area contributed by atoms with Gasteiger partial charge in [-0.2, -0.15) is 0 Å². The lowest BCUT2D eigenvalue weighted by atomic mass is 10.2. The molecule has 1 aliphatic heterocycles. The molecule has 6 heteroatoms. The molecule has 0 spiro atoms. The van der Waals surface area contributed by atoms with Crippen molar-refractivity contribution in [2.24, 2.45) is 4.99 Å². The number of hydrogen-bond acceptors (Lipinski definition) is 5. The van der Waals surface area contributed by atoms with Crippen molar-refractivity contribution >= 4 is 34.6 Å². The van der Waals surface area contributed by atoms with Crippen LogP contribution >= 0.6 is 11.8 Å². The average molecular weight is 382 g/mol. The number of benzene rings is 2. The lowest BCUT2D eigenvalue weighted by Crippen LogP contribution is -2.32. The fourth-order valence-electron chi connectivity index (χ4n) is 2.56. The van der Waals surface area contributed by atoms with Crippen molar-refractivity contribution in [3.63, 3.8) is 0 Å². The summed E-state index contributed by atoms with van der Waals surface area (Å²) >= 11 is 1.38. The number of thioether (sulfide) groups is 1. The minimum absolute atomic E-state index is 0.0550. The van der Waals surface area contributed by atoms with E-state index in [-0.39, 0.29) is 5.91 Å². The fourth-order valence-corrected chi connectivity index (χ4v) is 3.59. The molecule has 5 nitrogen and oxygen atoms in total. The molecule has 1 heterocycles. The first kappa shape index (κ1) is 19.2. The molecule has 1 fully saturated rings. The minimum Gasteiger partial charge on any atom is -0.494 e. The second-order valence-corrected chi connectivity index (χ2v) is 6.80. The molecule has 0 aromatic heterocycles. The van der Waals surface area contributed by atoms with Gasteiger partial charge in [0.2, 0.25) is 0 Å². The maximum atomic E-state index is 12.9. The van der Waals surface area contributed by atoms with Gasteiger partial charge >= 0.3 is 0 Å². The molecule has 0 saturated carbocycles. The number of para-hydroxylation sites is 1. The molecule has 27 heavy (non-hydrogen) atoms. The molecular weight excluding hydrogens is 360 g/mol. The van der Waals surface area contributed by atoms with Crippen molar-refractivity contribution in [1.29, 1.82) is 0 Å². The van der Waals surface area contributed by atoms with Gasteiger partial charge in [-0.25, -0.2) is 4.99 Å². The summed E-state index contributed by atoms with van der Waals surface area (Å²) in [7, 11) is 1.62. The van der Waals surface area contributed by atoms with Gasteiger partial charge in [0.25, 0.3) is 5.91 Å². The lowest BCUT2D eigenvalue weighted by Gasteiger charge is -2.14. The van der Waals surface area contributed by atoms with Gasteiger partial charge < -0.3 is 9.47 Å². The number of ether oxygens (including phenoxy) is 2. The number of nitrogens with zero attached hydrogens (tertiary/aromatic N) is 2. The highest BCUT2D eigenvalue weighted by Gasteiger charge is 2.33. The van der Waals surface area contributed by atoms with E-state index in [0.29, 0.717) is 29.8 Å². The molecule has 0 N–H and O–H groups in total. The van der Waals surface area contributed by atoms with Crippen LogP contribution in [0.2, 0.25) is 0 Å². The van der Waals surface area contributed by atoms with Crippen molar-refractivity contribution in [2.45, 2.75) is 6.92 Å². The molecule has 2 aromatic rings. The Balaban J connectivity index is 1.86. The van der Waals surface area contributed by atoms with Crippen LogP contribution in [-0.4, -0.2) is 42.8 Å². The lowest BCUT2D eigenvalue weighted by molar-refractivity contribution is -0.122. The predicted octanol–water partition coefficient (Wildman–Crippen LogP) is 4.34. The molecule has 0 aliphatic carbocycles. The number of hydrogen-bond donors (Lipinski definition) is 0. The minimum atomic E-state index is -0.0550. The van der Waals surface area contributed by atoms with Crippen LogP contribution in [-0.2, 0) is 9.53 Å². The Bertz CT molecular complexity index is 832. The smallest absolute Gasteiger partial charge is 0.266 e. The van der Waals surface area contributed by atoms with Crippen molar-refractivity contribution in [3.05, 3.63) is 65.1 Å². The van der Waals surface area contributed by atoms with E-state index in [4.69, 9.17) is 9.47 Å². The molecule has 0 bridgehead atoms. The van der Waals surface area contributed by atoms with Crippen LogP contribution < -0.4 is 4.74 Å². The summed E-state index contributed by atoms with van der Waals surface area (Å²) in [5, 5.41) is 0.667.